The summed E-state index contributed by atoms with van der Waals surface area (Å²) in [5.74, 6) is 0.657. The van der Waals surface area contributed by atoms with Crippen molar-refractivity contribution in [3.8, 4) is 0 Å². The van der Waals surface area contributed by atoms with Crippen molar-refractivity contribution in [1.82, 2.24) is 5.32 Å². The molecule has 120 valence electrons. The number of hydrogen-bond donors (Lipinski definition) is 1. The van der Waals surface area contributed by atoms with Gasteiger partial charge in [-0.25, -0.2) is 0 Å². The van der Waals surface area contributed by atoms with Gasteiger partial charge in [0.1, 0.15) is 0 Å². The van der Waals surface area contributed by atoms with E-state index in [4.69, 9.17) is 9.47 Å². The standard InChI is InChI=1S/C18H31NO2/c1-4-21-11-6-9-18(15-19-10-12-20-3)14-17-8-5-7-16(2)13-17/h5,7-8,13,18-19H,4,6,9-12,14-15H2,1-3H3. The molecule has 1 rings (SSSR count). The molecule has 0 aliphatic carbocycles. The predicted octanol–water partition coefficient (Wildman–Crippen LogP) is 3.21. The van der Waals surface area contributed by atoms with E-state index in [2.05, 4.69) is 43.4 Å². The Labute approximate surface area is 130 Å². The lowest BCUT2D eigenvalue weighted by Gasteiger charge is -2.18. The topological polar surface area (TPSA) is 30.5 Å². The van der Waals surface area contributed by atoms with Crippen LogP contribution in [0.2, 0.25) is 0 Å². The summed E-state index contributed by atoms with van der Waals surface area (Å²) < 4.78 is 10.5. The molecule has 3 nitrogen and oxygen atoms in total. The molecule has 0 radical (unpaired) electrons. The van der Waals surface area contributed by atoms with Crippen LogP contribution in [-0.2, 0) is 15.9 Å². The summed E-state index contributed by atoms with van der Waals surface area (Å²) in [6, 6.07) is 8.84. The van der Waals surface area contributed by atoms with E-state index in [1.165, 1.54) is 17.5 Å². The number of aryl methyl sites for hydroxylation is 1. The highest BCUT2D eigenvalue weighted by molar-refractivity contribution is 5.22. The number of nitrogens with one attached hydrogen (secondary N) is 1. The lowest BCUT2D eigenvalue weighted by molar-refractivity contribution is 0.139. The highest BCUT2D eigenvalue weighted by Crippen LogP contribution is 2.15. The van der Waals surface area contributed by atoms with E-state index in [0.717, 1.165) is 45.8 Å². The first kappa shape index (κ1) is 18.1. The molecule has 0 saturated carbocycles. The molecular formula is C18H31NO2. The van der Waals surface area contributed by atoms with Gasteiger partial charge >= 0.3 is 0 Å². The van der Waals surface area contributed by atoms with Crippen molar-refractivity contribution < 1.29 is 9.47 Å². The van der Waals surface area contributed by atoms with Crippen molar-refractivity contribution >= 4 is 0 Å². The van der Waals surface area contributed by atoms with Gasteiger partial charge in [-0.2, -0.15) is 0 Å². The van der Waals surface area contributed by atoms with Gasteiger partial charge in [-0.1, -0.05) is 29.8 Å². The molecule has 1 unspecified atom stereocenters. The largest absolute Gasteiger partial charge is 0.383 e. The summed E-state index contributed by atoms with van der Waals surface area (Å²) in [5, 5.41) is 3.50. The quantitative estimate of drug-likeness (QED) is 0.600. The summed E-state index contributed by atoms with van der Waals surface area (Å²) in [7, 11) is 1.74. The minimum absolute atomic E-state index is 0.657. The molecule has 0 bridgehead atoms. The van der Waals surface area contributed by atoms with Crippen molar-refractivity contribution in [3.05, 3.63) is 35.4 Å². The maximum absolute atomic E-state index is 5.46. The average molecular weight is 293 g/mol. The Bertz CT molecular complexity index is 356. The summed E-state index contributed by atoms with van der Waals surface area (Å²) in [6.45, 7) is 8.64. The molecule has 0 fully saturated rings. The van der Waals surface area contributed by atoms with E-state index in [1.807, 2.05) is 0 Å². The van der Waals surface area contributed by atoms with Gasteiger partial charge < -0.3 is 14.8 Å². The number of hydrogen-bond acceptors (Lipinski definition) is 3. The van der Waals surface area contributed by atoms with Gasteiger partial charge in [0.25, 0.3) is 0 Å². The second-order valence-corrected chi connectivity index (χ2v) is 5.60. The van der Waals surface area contributed by atoms with Crippen LogP contribution in [0.4, 0.5) is 0 Å². The molecule has 0 aromatic heterocycles. The maximum atomic E-state index is 5.46. The average Bonchev–Trinajstić information content (AvgIpc) is 2.48. The molecule has 1 aromatic carbocycles. The van der Waals surface area contributed by atoms with E-state index in [0.29, 0.717) is 5.92 Å². The fourth-order valence-electron chi connectivity index (χ4n) is 2.55. The van der Waals surface area contributed by atoms with Crippen LogP contribution >= 0.6 is 0 Å². The molecule has 3 heteroatoms. The Balaban J connectivity index is 2.41. The first-order chi connectivity index (χ1) is 10.3. The maximum Gasteiger partial charge on any atom is 0.0587 e. The Morgan fingerprint density at radius 3 is 2.81 bits per heavy atom. The van der Waals surface area contributed by atoms with Crippen LogP contribution in [0.3, 0.4) is 0 Å². The SMILES string of the molecule is CCOCCCC(CNCCOC)Cc1cccc(C)c1. The third-order valence-electron chi connectivity index (χ3n) is 3.63. The summed E-state index contributed by atoms with van der Waals surface area (Å²) in [6.07, 6.45) is 3.47. The second kappa shape index (κ2) is 11.7. The van der Waals surface area contributed by atoms with Crippen molar-refractivity contribution in [2.24, 2.45) is 5.92 Å². The lowest BCUT2D eigenvalue weighted by Crippen LogP contribution is -2.27. The van der Waals surface area contributed by atoms with Gasteiger partial charge in [-0.15, -0.1) is 0 Å². The third-order valence-corrected chi connectivity index (χ3v) is 3.63. The monoisotopic (exact) mass is 293 g/mol. The fraction of sp³-hybridized carbons (Fsp3) is 0.667. The highest BCUT2D eigenvalue weighted by Gasteiger charge is 2.10. The summed E-state index contributed by atoms with van der Waals surface area (Å²) in [5.41, 5.74) is 2.78. The highest BCUT2D eigenvalue weighted by atomic mass is 16.5. The zero-order valence-electron chi connectivity index (χ0n) is 13.9. The van der Waals surface area contributed by atoms with Crippen LogP contribution in [0.5, 0.6) is 0 Å². The summed E-state index contributed by atoms with van der Waals surface area (Å²) >= 11 is 0. The minimum atomic E-state index is 0.657. The Morgan fingerprint density at radius 1 is 1.24 bits per heavy atom. The van der Waals surface area contributed by atoms with E-state index in [-0.39, 0.29) is 0 Å². The molecule has 0 heterocycles. The first-order valence-electron chi connectivity index (χ1n) is 8.09. The first-order valence-corrected chi connectivity index (χ1v) is 8.09. The molecule has 0 spiro atoms. The van der Waals surface area contributed by atoms with Gasteiger partial charge in [0.2, 0.25) is 0 Å². The molecule has 0 amide bonds. The Hall–Kier alpha value is -0.900. The number of ether oxygens (including phenoxy) is 2. The fourth-order valence-corrected chi connectivity index (χ4v) is 2.55. The predicted molar refractivity (Wildman–Crippen MR) is 88.8 cm³/mol. The van der Waals surface area contributed by atoms with Crippen molar-refractivity contribution in [1.29, 1.82) is 0 Å². The second-order valence-electron chi connectivity index (χ2n) is 5.60. The number of methoxy groups -OCH3 is 1. The van der Waals surface area contributed by atoms with Crippen LogP contribution in [0, 0.1) is 12.8 Å². The van der Waals surface area contributed by atoms with Crippen LogP contribution in [0.1, 0.15) is 30.9 Å². The lowest BCUT2D eigenvalue weighted by atomic mass is 9.94. The van der Waals surface area contributed by atoms with Crippen LogP contribution in [0.25, 0.3) is 0 Å². The molecular weight excluding hydrogens is 262 g/mol. The zero-order chi connectivity index (χ0) is 15.3. The van der Waals surface area contributed by atoms with E-state index >= 15 is 0 Å². The van der Waals surface area contributed by atoms with Crippen LogP contribution in [-0.4, -0.2) is 40.0 Å². The number of rotatable bonds is 12. The molecule has 1 aromatic rings. The third kappa shape index (κ3) is 8.86. The van der Waals surface area contributed by atoms with Crippen molar-refractivity contribution in [2.45, 2.75) is 33.1 Å². The Morgan fingerprint density at radius 2 is 2.10 bits per heavy atom. The van der Waals surface area contributed by atoms with Gasteiger partial charge in [-0.05, 0) is 51.1 Å². The van der Waals surface area contributed by atoms with E-state index < -0.39 is 0 Å². The van der Waals surface area contributed by atoms with Gasteiger partial charge in [0.05, 0.1) is 6.61 Å². The van der Waals surface area contributed by atoms with E-state index in [9.17, 15) is 0 Å². The molecule has 1 atom stereocenters. The van der Waals surface area contributed by atoms with Gasteiger partial charge in [0.15, 0.2) is 0 Å². The van der Waals surface area contributed by atoms with Crippen molar-refractivity contribution in [3.63, 3.8) is 0 Å². The van der Waals surface area contributed by atoms with Crippen LogP contribution < -0.4 is 5.32 Å². The molecule has 1 N–H and O–H groups in total. The zero-order valence-corrected chi connectivity index (χ0v) is 13.9. The van der Waals surface area contributed by atoms with E-state index in [1.54, 1.807) is 7.11 Å². The van der Waals surface area contributed by atoms with Crippen LogP contribution in [0.15, 0.2) is 24.3 Å². The van der Waals surface area contributed by atoms with Crippen molar-refractivity contribution in [2.75, 3.05) is 40.0 Å². The Kier molecular flexibility index (Phi) is 10.1. The normalized spacial score (nSPS) is 12.5. The van der Waals surface area contributed by atoms with Gasteiger partial charge in [-0.3, -0.25) is 0 Å². The van der Waals surface area contributed by atoms with Gasteiger partial charge in [0, 0.05) is 26.9 Å². The number of benzene rings is 1. The smallest absolute Gasteiger partial charge is 0.0587 e. The molecule has 0 aliphatic rings. The minimum Gasteiger partial charge on any atom is -0.383 e. The molecule has 0 aliphatic heterocycles. The summed E-state index contributed by atoms with van der Waals surface area (Å²) in [4.78, 5) is 0. The molecule has 21 heavy (non-hydrogen) atoms. The molecule has 0 saturated heterocycles.